The van der Waals surface area contributed by atoms with Crippen LogP contribution in [0.1, 0.15) is 29.3 Å². The summed E-state index contributed by atoms with van der Waals surface area (Å²) in [6.45, 7) is 3.55. The molecular formula is C16H23N3O2. The molecule has 0 fully saturated rings. The third kappa shape index (κ3) is 3.43. The summed E-state index contributed by atoms with van der Waals surface area (Å²) in [5.74, 6) is 0.801. The number of aliphatic hydroxyl groups excluding tert-OH is 1. The van der Waals surface area contributed by atoms with Crippen LogP contribution in [-0.4, -0.2) is 22.0 Å². The zero-order chi connectivity index (χ0) is 15.2. The van der Waals surface area contributed by atoms with Gasteiger partial charge in [-0.25, -0.2) is 4.68 Å². The fourth-order valence-corrected chi connectivity index (χ4v) is 2.53. The van der Waals surface area contributed by atoms with E-state index in [1.807, 2.05) is 31.3 Å². The molecule has 0 unspecified atom stereocenters. The lowest BCUT2D eigenvalue weighted by molar-refractivity contribution is 0.280. The quantitative estimate of drug-likeness (QED) is 0.815. The predicted octanol–water partition coefficient (Wildman–Crippen LogP) is 1.77. The number of ether oxygens (including phenoxy) is 1. The molecule has 2 rings (SSSR count). The number of aromatic nitrogens is 2. The lowest BCUT2D eigenvalue weighted by Gasteiger charge is -2.10. The van der Waals surface area contributed by atoms with Crippen molar-refractivity contribution in [3.05, 3.63) is 46.6 Å². The largest absolute Gasteiger partial charge is 0.481 e. The highest BCUT2D eigenvalue weighted by Crippen LogP contribution is 2.22. The Hall–Kier alpha value is -1.85. The van der Waals surface area contributed by atoms with E-state index in [1.165, 1.54) is 0 Å². The van der Waals surface area contributed by atoms with E-state index in [0.29, 0.717) is 13.1 Å². The minimum atomic E-state index is 0.0638. The number of aryl methyl sites for hydroxylation is 2. The maximum atomic E-state index is 9.34. The van der Waals surface area contributed by atoms with E-state index < -0.39 is 0 Å². The van der Waals surface area contributed by atoms with Crippen molar-refractivity contribution in [1.29, 1.82) is 0 Å². The Morgan fingerprint density at radius 2 is 1.95 bits per heavy atom. The maximum Gasteiger partial charge on any atom is 0.216 e. The van der Waals surface area contributed by atoms with Crippen LogP contribution in [0.3, 0.4) is 0 Å². The highest BCUT2D eigenvalue weighted by Gasteiger charge is 2.15. The summed E-state index contributed by atoms with van der Waals surface area (Å²) in [5.41, 5.74) is 4.22. The van der Waals surface area contributed by atoms with E-state index >= 15 is 0 Å². The number of methoxy groups -OCH3 is 1. The Bertz CT molecular complexity index is 593. The molecule has 2 aromatic rings. The van der Waals surface area contributed by atoms with E-state index in [4.69, 9.17) is 4.74 Å². The maximum absolute atomic E-state index is 9.34. The Labute approximate surface area is 125 Å². The first-order valence-electron chi connectivity index (χ1n) is 7.18. The fraction of sp³-hybridized carbons (Fsp3) is 0.438. The van der Waals surface area contributed by atoms with Crippen LogP contribution in [0.15, 0.2) is 24.3 Å². The molecular weight excluding hydrogens is 266 g/mol. The molecule has 5 heteroatoms. The van der Waals surface area contributed by atoms with Gasteiger partial charge in [-0.05, 0) is 17.5 Å². The molecule has 5 nitrogen and oxygen atoms in total. The standard InChI is InChI=1S/C16H23N3O2/c1-4-15-14(16(21-3)19(2)18-15)10-17-9-12-7-5-6-8-13(12)11-20/h5-8,17,20H,4,9-11H2,1-3H3. The predicted molar refractivity (Wildman–Crippen MR) is 82.0 cm³/mol. The highest BCUT2D eigenvalue weighted by molar-refractivity contribution is 5.32. The number of rotatable bonds is 7. The Balaban J connectivity index is 2.07. The van der Waals surface area contributed by atoms with E-state index in [9.17, 15) is 5.11 Å². The SMILES string of the molecule is CCc1nn(C)c(OC)c1CNCc1ccccc1CO. The average molecular weight is 289 g/mol. The first kappa shape index (κ1) is 15.5. The first-order valence-corrected chi connectivity index (χ1v) is 7.18. The number of aliphatic hydroxyl groups is 1. The second-order valence-corrected chi connectivity index (χ2v) is 4.94. The van der Waals surface area contributed by atoms with Crippen molar-refractivity contribution in [3.8, 4) is 5.88 Å². The van der Waals surface area contributed by atoms with Crippen LogP contribution < -0.4 is 10.1 Å². The van der Waals surface area contributed by atoms with Crippen molar-refractivity contribution >= 4 is 0 Å². The molecule has 0 atom stereocenters. The number of nitrogens with one attached hydrogen (secondary N) is 1. The zero-order valence-electron chi connectivity index (χ0n) is 12.9. The lowest BCUT2D eigenvalue weighted by atomic mass is 10.1. The second-order valence-electron chi connectivity index (χ2n) is 4.94. The van der Waals surface area contributed by atoms with Gasteiger partial charge in [0.25, 0.3) is 0 Å². The van der Waals surface area contributed by atoms with Gasteiger partial charge in [0.15, 0.2) is 0 Å². The Morgan fingerprint density at radius 1 is 1.24 bits per heavy atom. The van der Waals surface area contributed by atoms with Crippen LogP contribution in [0.4, 0.5) is 0 Å². The molecule has 2 N–H and O–H groups in total. The van der Waals surface area contributed by atoms with Crippen molar-refractivity contribution in [3.63, 3.8) is 0 Å². The number of hydrogen-bond donors (Lipinski definition) is 2. The minimum Gasteiger partial charge on any atom is -0.481 e. The molecule has 1 heterocycles. The summed E-state index contributed by atoms with van der Waals surface area (Å²) in [6, 6.07) is 7.89. The molecule has 0 spiro atoms. The molecule has 0 aliphatic carbocycles. The number of nitrogens with zero attached hydrogens (tertiary/aromatic N) is 2. The third-order valence-electron chi connectivity index (χ3n) is 3.61. The van der Waals surface area contributed by atoms with Crippen LogP contribution in [0.2, 0.25) is 0 Å². The van der Waals surface area contributed by atoms with Crippen LogP contribution in [-0.2, 0) is 33.2 Å². The molecule has 0 amide bonds. The van der Waals surface area contributed by atoms with Gasteiger partial charge in [0.2, 0.25) is 5.88 Å². The summed E-state index contributed by atoms with van der Waals surface area (Å²) in [4.78, 5) is 0. The summed E-state index contributed by atoms with van der Waals surface area (Å²) in [5, 5.41) is 17.2. The van der Waals surface area contributed by atoms with Crippen LogP contribution in [0, 0.1) is 0 Å². The normalized spacial score (nSPS) is 10.9. The fourth-order valence-electron chi connectivity index (χ4n) is 2.53. The van der Waals surface area contributed by atoms with Gasteiger partial charge in [-0.3, -0.25) is 0 Å². The topological polar surface area (TPSA) is 59.3 Å². The second kappa shape index (κ2) is 7.24. The van der Waals surface area contributed by atoms with Gasteiger partial charge in [0.1, 0.15) is 0 Å². The zero-order valence-corrected chi connectivity index (χ0v) is 12.9. The molecule has 0 bridgehead atoms. The smallest absolute Gasteiger partial charge is 0.216 e. The van der Waals surface area contributed by atoms with Crippen LogP contribution in [0.25, 0.3) is 0 Å². The van der Waals surface area contributed by atoms with Crippen LogP contribution >= 0.6 is 0 Å². The van der Waals surface area contributed by atoms with Gasteiger partial charge >= 0.3 is 0 Å². The molecule has 1 aromatic carbocycles. The van der Waals surface area contributed by atoms with Gasteiger partial charge < -0.3 is 15.2 Å². The van der Waals surface area contributed by atoms with Gasteiger partial charge in [-0.2, -0.15) is 5.10 Å². The molecule has 0 saturated heterocycles. The molecule has 0 aliphatic heterocycles. The molecule has 0 aliphatic rings. The van der Waals surface area contributed by atoms with E-state index in [1.54, 1.807) is 11.8 Å². The van der Waals surface area contributed by atoms with Crippen molar-refractivity contribution in [2.24, 2.45) is 7.05 Å². The molecule has 1 aromatic heterocycles. The summed E-state index contributed by atoms with van der Waals surface area (Å²) < 4.78 is 7.20. The lowest BCUT2D eigenvalue weighted by Crippen LogP contribution is -2.15. The number of hydrogen-bond acceptors (Lipinski definition) is 4. The molecule has 21 heavy (non-hydrogen) atoms. The first-order chi connectivity index (χ1) is 10.2. The molecule has 0 saturated carbocycles. The average Bonchev–Trinajstić information content (AvgIpc) is 2.83. The molecule has 114 valence electrons. The van der Waals surface area contributed by atoms with Gasteiger partial charge in [-0.15, -0.1) is 0 Å². The monoisotopic (exact) mass is 289 g/mol. The third-order valence-corrected chi connectivity index (χ3v) is 3.61. The van der Waals surface area contributed by atoms with Gasteiger partial charge in [-0.1, -0.05) is 31.2 Å². The Morgan fingerprint density at radius 3 is 2.57 bits per heavy atom. The van der Waals surface area contributed by atoms with E-state index in [2.05, 4.69) is 17.3 Å². The van der Waals surface area contributed by atoms with E-state index in [-0.39, 0.29) is 6.61 Å². The van der Waals surface area contributed by atoms with Crippen molar-refractivity contribution < 1.29 is 9.84 Å². The van der Waals surface area contributed by atoms with Gasteiger partial charge in [0, 0.05) is 20.1 Å². The Kier molecular flexibility index (Phi) is 5.36. The van der Waals surface area contributed by atoms with Gasteiger partial charge in [0.05, 0.1) is 25.0 Å². The highest BCUT2D eigenvalue weighted by atomic mass is 16.5. The summed E-state index contributed by atoms with van der Waals surface area (Å²) >= 11 is 0. The van der Waals surface area contributed by atoms with E-state index in [0.717, 1.165) is 34.7 Å². The molecule has 0 radical (unpaired) electrons. The van der Waals surface area contributed by atoms with Crippen molar-refractivity contribution in [2.75, 3.05) is 7.11 Å². The minimum absolute atomic E-state index is 0.0638. The van der Waals surface area contributed by atoms with Crippen molar-refractivity contribution in [1.82, 2.24) is 15.1 Å². The number of benzene rings is 1. The van der Waals surface area contributed by atoms with Crippen LogP contribution in [0.5, 0.6) is 5.88 Å². The van der Waals surface area contributed by atoms with Crippen molar-refractivity contribution in [2.45, 2.75) is 33.0 Å². The summed E-state index contributed by atoms with van der Waals surface area (Å²) in [6.07, 6.45) is 0.876. The summed E-state index contributed by atoms with van der Waals surface area (Å²) in [7, 11) is 3.56.